The normalized spacial score (nSPS) is 12.2. The van der Waals surface area contributed by atoms with Crippen LogP contribution >= 0.6 is 0 Å². The molecule has 0 aromatic rings. The van der Waals surface area contributed by atoms with Gasteiger partial charge in [-0.15, -0.1) is 0 Å². The molecule has 88 valence electrons. The van der Waals surface area contributed by atoms with E-state index in [1.54, 1.807) is 0 Å². The van der Waals surface area contributed by atoms with Crippen molar-refractivity contribution in [3.8, 4) is 0 Å². The van der Waals surface area contributed by atoms with Crippen molar-refractivity contribution in [1.29, 1.82) is 0 Å². The van der Waals surface area contributed by atoms with E-state index in [2.05, 4.69) is 11.7 Å². The van der Waals surface area contributed by atoms with Crippen LogP contribution in [0.2, 0.25) is 0 Å². The lowest BCUT2D eigenvalue weighted by atomic mass is 10.00. The molecule has 0 aliphatic rings. The molecule has 4 heteroatoms. The molecular formula is C11H20O4. The Morgan fingerprint density at radius 2 is 2.00 bits per heavy atom. The van der Waals surface area contributed by atoms with Crippen LogP contribution < -0.4 is 0 Å². The third-order valence-corrected chi connectivity index (χ3v) is 2.26. The Hall–Kier alpha value is -0.900. The number of aliphatic hydroxyl groups excluding tert-OH is 1. The fourth-order valence-electron chi connectivity index (χ4n) is 1.28. The van der Waals surface area contributed by atoms with Crippen LogP contribution in [0.4, 0.5) is 0 Å². The van der Waals surface area contributed by atoms with Crippen molar-refractivity contribution in [2.24, 2.45) is 5.92 Å². The summed E-state index contributed by atoms with van der Waals surface area (Å²) in [5.41, 5.74) is 0. The first-order chi connectivity index (χ1) is 7.15. The van der Waals surface area contributed by atoms with Crippen molar-refractivity contribution < 1.29 is 19.4 Å². The molecular weight excluding hydrogens is 196 g/mol. The zero-order valence-electron chi connectivity index (χ0n) is 9.49. The number of hydrogen-bond acceptors (Lipinski definition) is 4. The molecule has 0 spiro atoms. The summed E-state index contributed by atoms with van der Waals surface area (Å²) in [5.74, 6) is -1.28. The van der Waals surface area contributed by atoms with Gasteiger partial charge < -0.3 is 9.84 Å². The number of ether oxygens (including phenoxy) is 1. The molecule has 0 rings (SSSR count). The van der Waals surface area contributed by atoms with E-state index in [1.807, 2.05) is 6.92 Å². The minimum Gasteiger partial charge on any atom is -0.396 e. The first-order valence-electron chi connectivity index (χ1n) is 5.51. The monoisotopic (exact) mass is 216 g/mol. The second-order valence-electron chi connectivity index (χ2n) is 3.51. The number of unbranched alkanes of at least 4 members (excludes halogenated alkanes) is 1. The molecule has 15 heavy (non-hydrogen) atoms. The molecule has 4 nitrogen and oxygen atoms in total. The molecule has 0 aromatic carbocycles. The van der Waals surface area contributed by atoms with Gasteiger partial charge in [-0.1, -0.05) is 26.7 Å². The maximum atomic E-state index is 11.4. The first-order valence-corrected chi connectivity index (χ1v) is 5.51. The lowest BCUT2D eigenvalue weighted by Crippen LogP contribution is -2.21. The van der Waals surface area contributed by atoms with Gasteiger partial charge in [0.2, 0.25) is 0 Å². The fraction of sp³-hybridized carbons (Fsp3) is 0.818. The highest BCUT2D eigenvalue weighted by atomic mass is 16.6. The van der Waals surface area contributed by atoms with E-state index in [0.717, 1.165) is 19.3 Å². The van der Waals surface area contributed by atoms with Crippen LogP contribution in [0.15, 0.2) is 0 Å². The zero-order valence-corrected chi connectivity index (χ0v) is 9.49. The average Bonchev–Trinajstić information content (AvgIpc) is 2.19. The van der Waals surface area contributed by atoms with Crippen LogP contribution in [-0.4, -0.2) is 23.7 Å². The van der Waals surface area contributed by atoms with Crippen molar-refractivity contribution in [3.63, 3.8) is 0 Å². The van der Waals surface area contributed by atoms with Gasteiger partial charge in [0.1, 0.15) is 0 Å². The Morgan fingerprint density at radius 1 is 1.33 bits per heavy atom. The van der Waals surface area contributed by atoms with E-state index >= 15 is 0 Å². The number of rotatable bonds is 7. The first kappa shape index (κ1) is 14.1. The van der Waals surface area contributed by atoms with Gasteiger partial charge in [-0.05, 0) is 12.8 Å². The molecule has 0 saturated heterocycles. The van der Waals surface area contributed by atoms with Gasteiger partial charge in [0, 0.05) is 0 Å². The molecule has 1 atom stereocenters. The highest BCUT2D eigenvalue weighted by molar-refractivity contribution is 5.86. The van der Waals surface area contributed by atoms with Crippen LogP contribution in [0.3, 0.4) is 0 Å². The van der Waals surface area contributed by atoms with Gasteiger partial charge in [-0.2, -0.15) is 0 Å². The van der Waals surface area contributed by atoms with Crippen LogP contribution in [0.1, 0.15) is 46.0 Å². The van der Waals surface area contributed by atoms with E-state index in [-0.39, 0.29) is 18.9 Å². The quantitative estimate of drug-likeness (QED) is 0.519. The summed E-state index contributed by atoms with van der Waals surface area (Å²) < 4.78 is 4.60. The molecule has 0 heterocycles. The Bertz CT molecular complexity index is 201. The van der Waals surface area contributed by atoms with E-state index in [4.69, 9.17) is 5.11 Å². The topological polar surface area (TPSA) is 63.6 Å². The molecule has 1 unspecified atom stereocenters. The Labute approximate surface area is 90.6 Å². The highest BCUT2D eigenvalue weighted by Gasteiger charge is 2.20. The lowest BCUT2D eigenvalue weighted by molar-refractivity contribution is -0.163. The molecule has 0 aliphatic carbocycles. The smallest absolute Gasteiger partial charge is 0.316 e. The summed E-state index contributed by atoms with van der Waals surface area (Å²) in [6.45, 7) is 3.67. The number of hydrogen-bond donors (Lipinski definition) is 1. The standard InChI is InChI=1S/C11H20O4/c1-3-5-6-9(4-2)11(14)15-10(13)7-8-12/h9,12H,3-8H2,1-2H3. The van der Waals surface area contributed by atoms with Gasteiger partial charge in [0.25, 0.3) is 0 Å². The Morgan fingerprint density at radius 3 is 2.47 bits per heavy atom. The van der Waals surface area contributed by atoms with Crippen LogP contribution in [-0.2, 0) is 14.3 Å². The molecule has 0 bridgehead atoms. The van der Waals surface area contributed by atoms with Crippen LogP contribution in [0.25, 0.3) is 0 Å². The van der Waals surface area contributed by atoms with E-state index in [9.17, 15) is 9.59 Å². The van der Waals surface area contributed by atoms with Crippen molar-refractivity contribution in [1.82, 2.24) is 0 Å². The Balaban J connectivity index is 3.97. The lowest BCUT2D eigenvalue weighted by Gasteiger charge is -2.11. The third-order valence-electron chi connectivity index (χ3n) is 2.26. The fourth-order valence-corrected chi connectivity index (χ4v) is 1.28. The van der Waals surface area contributed by atoms with Crippen molar-refractivity contribution in [2.75, 3.05) is 6.61 Å². The highest BCUT2D eigenvalue weighted by Crippen LogP contribution is 2.14. The van der Waals surface area contributed by atoms with E-state index < -0.39 is 11.9 Å². The predicted molar refractivity (Wildman–Crippen MR) is 56.1 cm³/mol. The van der Waals surface area contributed by atoms with Gasteiger partial charge in [-0.25, -0.2) is 0 Å². The van der Waals surface area contributed by atoms with Gasteiger partial charge in [0.05, 0.1) is 18.9 Å². The van der Waals surface area contributed by atoms with Crippen LogP contribution in [0.5, 0.6) is 0 Å². The summed E-state index contributed by atoms with van der Waals surface area (Å²) >= 11 is 0. The van der Waals surface area contributed by atoms with E-state index in [1.165, 1.54) is 0 Å². The number of esters is 2. The van der Waals surface area contributed by atoms with Crippen molar-refractivity contribution >= 4 is 11.9 Å². The Kier molecular flexibility index (Phi) is 7.91. The largest absolute Gasteiger partial charge is 0.396 e. The maximum Gasteiger partial charge on any atom is 0.316 e. The number of carbonyl (C=O) groups excluding carboxylic acids is 2. The molecule has 0 saturated carbocycles. The molecule has 0 fully saturated rings. The minimum atomic E-state index is -0.641. The molecule has 0 aliphatic heterocycles. The minimum absolute atomic E-state index is 0.115. The molecule has 0 radical (unpaired) electrons. The predicted octanol–water partition coefficient (Wildman–Crippen LogP) is 1.66. The summed E-state index contributed by atoms with van der Waals surface area (Å²) in [4.78, 5) is 22.4. The molecule has 0 aromatic heterocycles. The van der Waals surface area contributed by atoms with Gasteiger partial charge in [0.15, 0.2) is 0 Å². The molecule has 1 N–H and O–H groups in total. The van der Waals surface area contributed by atoms with Crippen molar-refractivity contribution in [3.05, 3.63) is 0 Å². The van der Waals surface area contributed by atoms with Crippen molar-refractivity contribution in [2.45, 2.75) is 46.0 Å². The summed E-state index contributed by atoms with van der Waals surface area (Å²) in [5, 5.41) is 8.47. The van der Waals surface area contributed by atoms with Gasteiger partial charge in [-0.3, -0.25) is 9.59 Å². The second kappa shape index (κ2) is 8.41. The van der Waals surface area contributed by atoms with Gasteiger partial charge >= 0.3 is 11.9 Å². The maximum absolute atomic E-state index is 11.4. The number of carbonyl (C=O) groups is 2. The summed E-state index contributed by atoms with van der Waals surface area (Å²) in [6, 6.07) is 0. The van der Waals surface area contributed by atoms with Crippen LogP contribution in [0, 0.1) is 5.92 Å². The average molecular weight is 216 g/mol. The zero-order chi connectivity index (χ0) is 11.7. The second-order valence-corrected chi connectivity index (χ2v) is 3.51. The number of aliphatic hydroxyl groups is 1. The van der Waals surface area contributed by atoms with E-state index in [0.29, 0.717) is 6.42 Å². The molecule has 0 amide bonds. The SMILES string of the molecule is CCCCC(CC)C(=O)OC(=O)CCO. The summed E-state index contributed by atoms with van der Waals surface area (Å²) in [6.07, 6.45) is 3.32. The summed E-state index contributed by atoms with van der Waals surface area (Å²) in [7, 11) is 0. The third kappa shape index (κ3) is 6.23.